The van der Waals surface area contributed by atoms with Crippen molar-refractivity contribution in [3.8, 4) is 0 Å². The zero-order chi connectivity index (χ0) is 16.6. The van der Waals surface area contributed by atoms with Crippen LogP contribution in [-0.2, 0) is 9.68 Å². The first-order chi connectivity index (χ1) is 11.0. The summed E-state index contributed by atoms with van der Waals surface area (Å²) in [6, 6.07) is 6.60. The minimum absolute atomic E-state index is 0.349. The highest BCUT2D eigenvalue weighted by atomic mass is 16.8. The van der Waals surface area contributed by atoms with Crippen molar-refractivity contribution in [2.24, 2.45) is 5.28 Å². The number of amides is 2. The van der Waals surface area contributed by atoms with Crippen molar-refractivity contribution in [2.45, 2.75) is 19.3 Å². The maximum Gasteiger partial charge on any atom is 0.276 e. The number of benzene rings is 1. The molecular formula is C14H17N4O5+. The summed E-state index contributed by atoms with van der Waals surface area (Å²) in [7, 11) is 1.39. The van der Waals surface area contributed by atoms with Crippen molar-refractivity contribution in [1.29, 1.82) is 0 Å². The number of β-amino-alcohol motifs (C(OH)–C–C–N with tert-alkyl or cyclic N) is 1. The number of nitrogens with zero attached hydrogens (tertiary/aromatic N) is 4. The first kappa shape index (κ1) is 15.2. The summed E-state index contributed by atoms with van der Waals surface area (Å²) >= 11 is 0. The summed E-state index contributed by atoms with van der Waals surface area (Å²) in [5.41, 5.74) is 0.699. The van der Waals surface area contributed by atoms with E-state index in [1.165, 1.54) is 7.11 Å². The summed E-state index contributed by atoms with van der Waals surface area (Å²) < 4.78 is 0. The Morgan fingerprint density at radius 1 is 1.26 bits per heavy atom. The maximum absolute atomic E-state index is 12.3. The molecule has 1 unspecified atom stereocenters. The lowest BCUT2D eigenvalue weighted by Gasteiger charge is -2.27. The van der Waals surface area contributed by atoms with Crippen LogP contribution < -0.4 is 0 Å². The molecule has 0 aromatic heterocycles. The third kappa shape index (κ3) is 2.59. The van der Waals surface area contributed by atoms with E-state index in [1.54, 1.807) is 36.2 Å². The van der Waals surface area contributed by atoms with Crippen LogP contribution in [0.5, 0.6) is 0 Å². The van der Waals surface area contributed by atoms with E-state index in [1.807, 2.05) is 0 Å². The topological polar surface area (TPSA) is 94.7 Å². The zero-order valence-corrected chi connectivity index (χ0v) is 12.7. The molecule has 0 aliphatic carbocycles. The lowest BCUT2D eigenvalue weighted by Crippen LogP contribution is -2.54. The Balaban J connectivity index is 1.70. The number of aliphatic hydroxyl groups excluding tert-OH is 1. The second kappa shape index (κ2) is 5.84. The summed E-state index contributed by atoms with van der Waals surface area (Å²) in [5, 5.41) is 14.6. The van der Waals surface area contributed by atoms with Gasteiger partial charge in [-0.3, -0.25) is 9.59 Å². The van der Waals surface area contributed by atoms with E-state index >= 15 is 0 Å². The van der Waals surface area contributed by atoms with E-state index in [0.29, 0.717) is 24.2 Å². The minimum atomic E-state index is -0.897. The fraction of sp³-hybridized carbons (Fsp3) is 0.429. The lowest BCUT2D eigenvalue weighted by molar-refractivity contribution is -0.951. The van der Waals surface area contributed by atoms with Gasteiger partial charge >= 0.3 is 0 Å². The average Bonchev–Trinajstić information content (AvgIpc) is 2.78. The SMILES string of the molecule is CO/[N+](=N\OC(C)N1C(=O)c2ccccc2C1=O)N1CC(O)C1. The Bertz CT molecular complexity index is 636. The van der Waals surface area contributed by atoms with Gasteiger partial charge in [0, 0.05) is 0 Å². The average molecular weight is 321 g/mol. The van der Waals surface area contributed by atoms with Crippen molar-refractivity contribution >= 4 is 11.8 Å². The van der Waals surface area contributed by atoms with Gasteiger partial charge in [-0.15, -0.1) is 5.01 Å². The number of hydrogen-bond acceptors (Lipinski definition) is 6. The number of imide groups is 1. The molecule has 0 saturated carbocycles. The molecule has 2 heterocycles. The number of carbonyl (C=O) groups is 2. The van der Waals surface area contributed by atoms with Crippen LogP contribution in [0.3, 0.4) is 0 Å². The number of fused-ring (bicyclic) bond motifs is 1. The molecule has 1 fully saturated rings. The van der Waals surface area contributed by atoms with E-state index in [0.717, 1.165) is 9.87 Å². The number of rotatable bonds is 5. The highest BCUT2D eigenvalue weighted by molar-refractivity contribution is 6.21. The summed E-state index contributed by atoms with van der Waals surface area (Å²) in [4.78, 5) is 36.9. The van der Waals surface area contributed by atoms with Crippen molar-refractivity contribution in [2.75, 3.05) is 20.2 Å². The fourth-order valence-corrected chi connectivity index (χ4v) is 2.47. The van der Waals surface area contributed by atoms with Crippen LogP contribution in [-0.4, -0.2) is 64.3 Å². The standard InChI is InChI=1S/C14H17N4O5/c1-9(23-15-18(22-2)16-7-10(19)8-16)17-13(20)11-5-3-4-6-12(11)14(17)21/h3-6,9-10,19H,7-8H2,1-2H3/q+1/b18-15-. The number of aliphatic hydroxyl groups is 1. The van der Waals surface area contributed by atoms with Crippen molar-refractivity contribution < 1.29 is 29.3 Å². The summed E-state index contributed by atoms with van der Waals surface area (Å²) in [6.45, 7) is 2.27. The molecule has 23 heavy (non-hydrogen) atoms. The Hall–Kier alpha value is -2.68. The molecule has 9 heteroatoms. The van der Waals surface area contributed by atoms with Gasteiger partial charge in [0.25, 0.3) is 22.1 Å². The molecule has 2 aliphatic heterocycles. The predicted octanol–water partition coefficient (Wildman–Crippen LogP) is 0.178. The number of hydrazine groups is 1. The first-order valence-corrected chi connectivity index (χ1v) is 7.13. The van der Waals surface area contributed by atoms with Gasteiger partial charge in [0.05, 0.1) is 11.1 Å². The van der Waals surface area contributed by atoms with E-state index in [2.05, 4.69) is 5.28 Å². The van der Waals surface area contributed by atoms with Crippen LogP contribution >= 0.6 is 0 Å². The second-order valence-corrected chi connectivity index (χ2v) is 5.27. The molecule has 1 saturated heterocycles. The molecule has 1 N–H and O–H groups in total. The van der Waals surface area contributed by atoms with Gasteiger partial charge in [0.1, 0.15) is 19.2 Å². The predicted molar refractivity (Wildman–Crippen MR) is 74.8 cm³/mol. The van der Waals surface area contributed by atoms with Crippen LogP contribution in [0.4, 0.5) is 0 Å². The molecule has 1 aromatic rings. The molecule has 0 bridgehead atoms. The molecule has 1 atom stereocenters. The molecule has 0 spiro atoms. The van der Waals surface area contributed by atoms with Gasteiger partial charge in [0.15, 0.2) is 7.11 Å². The molecule has 2 amide bonds. The fourth-order valence-electron chi connectivity index (χ4n) is 2.47. The van der Waals surface area contributed by atoms with E-state index in [9.17, 15) is 14.7 Å². The van der Waals surface area contributed by atoms with Crippen molar-refractivity contribution in [1.82, 2.24) is 9.91 Å². The molecule has 2 aliphatic rings. The van der Waals surface area contributed by atoms with Gasteiger partial charge in [0.2, 0.25) is 6.23 Å². The maximum atomic E-state index is 12.3. The summed E-state index contributed by atoms with van der Waals surface area (Å²) in [6.07, 6.45) is -1.33. The highest BCUT2D eigenvalue weighted by Gasteiger charge is 2.41. The largest absolute Gasteiger partial charge is 0.389 e. The molecule has 1 aromatic carbocycles. The smallest absolute Gasteiger partial charge is 0.276 e. The van der Waals surface area contributed by atoms with Gasteiger partial charge in [-0.1, -0.05) is 12.1 Å². The Morgan fingerprint density at radius 3 is 2.30 bits per heavy atom. The van der Waals surface area contributed by atoms with Crippen LogP contribution in [0.1, 0.15) is 27.6 Å². The van der Waals surface area contributed by atoms with Crippen LogP contribution in [0, 0.1) is 0 Å². The van der Waals surface area contributed by atoms with Crippen LogP contribution in [0.2, 0.25) is 0 Å². The molecule has 9 nitrogen and oxygen atoms in total. The minimum Gasteiger partial charge on any atom is -0.389 e. The Kier molecular flexibility index (Phi) is 3.87. The third-order valence-electron chi connectivity index (χ3n) is 3.71. The van der Waals surface area contributed by atoms with Crippen molar-refractivity contribution in [3.05, 3.63) is 35.4 Å². The molecule has 3 rings (SSSR count). The van der Waals surface area contributed by atoms with Gasteiger partial charge < -0.3 is 9.94 Å². The lowest BCUT2D eigenvalue weighted by atomic mass is 10.1. The van der Waals surface area contributed by atoms with Crippen LogP contribution in [0.25, 0.3) is 0 Å². The van der Waals surface area contributed by atoms with Gasteiger partial charge in [-0.2, -0.15) is 0 Å². The second-order valence-electron chi connectivity index (χ2n) is 5.27. The number of carbonyl (C=O) groups excluding carboxylic acids is 2. The van der Waals surface area contributed by atoms with Crippen molar-refractivity contribution in [3.63, 3.8) is 0 Å². The molecule has 122 valence electrons. The molecular weight excluding hydrogens is 304 g/mol. The van der Waals surface area contributed by atoms with E-state index < -0.39 is 24.1 Å². The Labute approximate surface area is 132 Å². The highest BCUT2D eigenvalue weighted by Crippen LogP contribution is 2.24. The first-order valence-electron chi connectivity index (χ1n) is 7.13. The Morgan fingerprint density at radius 2 is 1.83 bits per heavy atom. The normalized spacial score (nSPS) is 19.5. The quantitative estimate of drug-likeness (QED) is 0.360. The third-order valence-corrected chi connectivity index (χ3v) is 3.71. The zero-order valence-electron chi connectivity index (χ0n) is 12.7. The summed E-state index contributed by atoms with van der Waals surface area (Å²) in [5.74, 6) is -0.840. The van der Waals surface area contributed by atoms with E-state index in [4.69, 9.17) is 9.68 Å². The van der Waals surface area contributed by atoms with E-state index in [-0.39, 0.29) is 0 Å². The van der Waals surface area contributed by atoms with Gasteiger partial charge in [-0.25, -0.2) is 9.74 Å². The number of hydrogen-bond donors (Lipinski definition) is 1. The molecule has 0 radical (unpaired) electrons. The van der Waals surface area contributed by atoms with Gasteiger partial charge in [-0.05, 0) is 19.1 Å². The monoisotopic (exact) mass is 321 g/mol. The van der Waals surface area contributed by atoms with Crippen LogP contribution in [0.15, 0.2) is 29.5 Å².